The van der Waals surface area contributed by atoms with Crippen LogP contribution in [0, 0.1) is 0 Å². The van der Waals surface area contributed by atoms with Crippen molar-refractivity contribution in [2.45, 2.75) is 6.92 Å². The van der Waals surface area contributed by atoms with Gasteiger partial charge in [-0.2, -0.15) is 0 Å². The molecule has 5 nitrogen and oxygen atoms in total. The van der Waals surface area contributed by atoms with E-state index < -0.39 is 0 Å². The van der Waals surface area contributed by atoms with E-state index in [0.29, 0.717) is 19.8 Å². The predicted octanol–water partition coefficient (Wildman–Crippen LogP) is 3.43. The summed E-state index contributed by atoms with van der Waals surface area (Å²) in [5.74, 6) is 0.868. The van der Waals surface area contributed by atoms with Crippen molar-refractivity contribution in [1.82, 2.24) is 0 Å². The lowest BCUT2D eigenvalue weighted by atomic mass is 10.0. The summed E-state index contributed by atoms with van der Waals surface area (Å²) in [6.07, 6.45) is 0. The van der Waals surface area contributed by atoms with Gasteiger partial charge in [-0.15, -0.1) is 0 Å². The van der Waals surface area contributed by atoms with Crippen molar-refractivity contribution >= 4 is 11.4 Å². The maximum atomic E-state index is 6.05. The van der Waals surface area contributed by atoms with E-state index in [1.165, 1.54) is 0 Å². The Kier molecular flexibility index (Phi) is 7.57. The summed E-state index contributed by atoms with van der Waals surface area (Å²) in [7, 11) is 3.43. The summed E-state index contributed by atoms with van der Waals surface area (Å²) in [5.41, 5.74) is 10.1. The van der Waals surface area contributed by atoms with Crippen LogP contribution in [0.4, 0.5) is 11.4 Å². The third kappa shape index (κ3) is 5.37. The standard InChI is InChI=1S/C20H28N2O3/c1-4-25-18-8-5-16(6-9-18)19-15-17(21)7-10-20(19)22(11-13-23-2)12-14-24-3/h5-10,15H,4,11-14,21H2,1-3H3. The number of methoxy groups -OCH3 is 2. The molecule has 136 valence electrons. The highest BCUT2D eigenvalue weighted by Crippen LogP contribution is 2.33. The molecule has 0 aliphatic carbocycles. The van der Waals surface area contributed by atoms with Crippen molar-refractivity contribution in [3.63, 3.8) is 0 Å². The SMILES string of the molecule is CCOc1ccc(-c2cc(N)ccc2N(CCOC)CCOC)cc1. The van der Waals surface area contributed by atoms with Gasteiger partial charge in [0.1, 0.15) is 5.75 Å². The molecule has 2 aromatic carbocycles. The van der Waals surface area contributed by atoms with Crippen LogP contribution in [0.3, 0.4) is 0 Å². The lowest BCUT2D eigenvalue weighted by Crippen LogP contribution is -2.31. The van der Waals surface area contributed by atoms with Gasteiger partial charge in [0, 0.05) is 44.2 Å². The quantitative estimate of drug-likeness (QED) is 0.669. The number of ether oxygens (including phenoxy) is 3. The van der Waals surface area contributed by atoms with Crippen LogP contribution < -0.4 is 15.4 Å². The van der Waals surface area contributed by atoms with Gasteiger partial charge in [0.25, 0.3) is 0 Å². The Morgan fingerprint density at radius 2 is 1.56 bits per heavy atom. The van der Waals surface area contributed by atoms with Gasteiger partial charge in [-0.1, -0.05) is 12.1 Å². The molecule has 0 heterocycles. The number of rotatable bonds is 10. The number of benzene rings is 2. The Morgan fingerprint density at radius 3 is 2.12 bits per heavy atom. The van der Waals surface area contributed by atoms with Gasteiger partial charge < -0.3 is 24.8 Å². The third-order valence-corrected chi connectivity index (χ3v) is 3.97. The molecule has 0 aromatic heterocycles. The van der Waals surface area contributed by atoms with Crippen molar-refractivity contribution in [1.29, 1.82) is 0 Å². The van der Waals surface area contributed by atoms with E-state index in [2.05, 4.69) is 23.1 Å². The molecular weight excluding hydrogens is 316 g/mol. The fourth-order valence-corrected chi connectivity index (χ4v) is 2.71. The molecule has 25 heavy (non-hydrogen) atoms. The van der Waals surface area contributed by atoms with Crippen molar-refractivity contribution in [2.24, 2.45) is 0 Å². The normalized spacial score (nSPS) is 10.7. The van der Waals surface area contributed by atoms with Crippen LogP contribution in [0.2, 0.25) is 0 Å². The van der Waals surface area contributed by atoms with Gasteiger partial charge in [-0.3, -0.25) is 0 Å². The average molecular weight is 344 g/mol. The summed E-state index contributed by atoms with van der Waals surface area (Å²) < 4.78 is 16.1. The van der Waals surface area contributed by atoms with E-state index in [-0.39, 0.29) is 0 Å². The zero-order valence-electron chi connectivity index (χ0n) is 15.3. The van der Waals surface area contributed by atoms with E-state index in [1.807, 2.05) is 31.2 Å². The smallest absolute Gasteiger partial charge is 0.119 e. The Bertz CT molecular complexity index is 636. The number of hydrogen-bond donors (Lipinski definition) is 1. The maximum absolute atomic E-state index is 6.05. The second-order valence-electron chi connectivity index (χ2n) is 5.71. The van der Waals surface area contributed by atoms with Crippen molar-refractivity contribution in [3.8, 4) is 16.9 Å². The molecule has 0 radical (unpaired) electrons. The number of anilines is 2. The largest absolute Gasteiger partial charge is 0.494 e. The van der Waals surface area contributed by atoms with Crippen LogP contribution in [0.15, 0.2) is 42.5 Å². The first-order valence-electron chi connectivity index (χ1n) is 8.55. The molecule has 5 heteroatoms. The zero-order chi connectivity index (χ0) is 18.1. The average Bonchev–Trinajstić information content (AvgIpc) is 2.63. The highest BCUT2D eigenvalue weighted by molar-refractivity contribution is 5.81. The molecule has 0 aliphatic rings. The summed E-state index contributed by atoms with van der Waals surface area (Å²) in [5, 5.41) is 0. The van der Waals surface area contributed by atoms with Crippen LogP contribution in [0.5, 0.6) is 5.75 Å². The molecule has 0 amide bonds. The number of nitrogens with two attached hydrogens (primary N) is 1. The van der Waals surface area contributed by atoms with Crippen LogP contribution >= 0.6 is 0 Å². The number of nitrogens with zero attached hydrogens (tertiary/aromatic N) is 1. The summed E-state index contributed by atoms with van der Waals surface area (Å²) in [6.45, 7) is 5.51. The fraction of sp³-hybridized carbons (Fsp3) is 0.400. The van der Waals surface area contributed by atoms with Gasteiger partial charge in [-0.25, -0.2) is 0 Å². The fourth-order valence-electron chi connectivity index (χ4n) is 2.71. The van der Waals surface area contributed by atoms with E-state index in [1.54, 1.807) is 14.2 Å². The van der Waals surface area contributed by atoms with E-state index >= 15 is 0 Å². The lowest BCUT2D eigenvalue weighted by Gasteiger charge is -2.27. The van der Waals surface area contributed by atoms with Crippen molar-refractivity contribution < 1.29 is 14.2 Å². The molecule has 0 unspecified atom stereocenters. The highest BCUT2D eigenvalue weighted by atomic mass is 16.5. The van der Waals surface area contributed by atoms with Crippen LogP contribution in [0.25, 0.3) is 11.1 Å². The summed E-state index contributed by atoms with van der Waals surface area (Å²) in [6, 6.07) is 14.1. The molecule has 0 atom stereocenters. The minimum atomic E-state index is 0.650. The van der Waals surface area contributed by atoms with Gasteiger partial charge in [0.15, 0.2) is 0 Å². The van der Waals surface area contributed by atoms with Gasteiger partial charge in [0.05, 0.1) is 19.8 Å². The third-order valence-electron chi connectivity index (χ3n) is 3.97. The zero-order valence-corrected chi connectivity index (χ0v) is 15.3. The molecule has 0 aliphatic heterocycles. The van der Waals surface area contributed by atoms with E-state index in [9.17, 15) is 0 Å². The Balaban J connectivity index is 2.36. The monoisotopic (exact) mass is 344 g/mol. The van der Waals surface area contributed by atoms with Gasteiger partial charge >= 0.3 is 0 Å². The van der Waals surface area contributed by atoms with Crippen LogP contribution in [0.1, 0.15) is 6.92 Å². The molecule has 2 aromatic rings. The Morgan fingerprint density at radius 1 is 0.920 bits per heavy atom. The van der Waals surface area contributed by atoms with E-state index in [4.69, 9.17) is 19.9 Å². The Hall–Kier alpha value is -2.24. The lowest BCUT2D eigenvalue weighted by molar-refractivity contribution is 0.190. The number of nitrogen functional groups attached to an aromatic ring is 1. The first-order chi connectivity index (χ1) is 12.2. The molecule has 0 spiro atoms. The molecule has 2 rings (SSSR count). The minimum absolute atomic E-state index is 0.650. The van der Waals surface area contributed by atoms with E-state index in [0.717, 1.165) is 41.3 Å². The second kappa shape index (κ2) is 9.91. The Labute approximate surface area is 150 Å². The minimum Gasteiger partial charge on any atom is -0.494 e. The summed E-state index contributed by atoms with van der Waals surface area (Å²) in [4.78, 5) is 2.26. The second-order valence-corrected chi connectivity index (χ2v) is 5.71. The molecule has 2 N–H and O–H groups in total. The summed E-state index contributed by atoms with van der Waals surface area (Å²) >= 11 is 0. The van der Waals surface area contributed by atoms with Gasteiger partial charge in [-0.05, 0) is 42.8 Å². The maximum Gasteiger partial charge on any atom is 0.119 e. The van der Waals surface area contributed by atoms with Crippen molar-refractivity contribution in [3.05, 3.63) is 42.5 Å². The molecular formula is C20H28N2O3. The topological polar surface area (TPSA) is 57.0 Å². The molecule has 0 saturated carbocycles. The first-order valence-corrected chi connectivity index (χ1v) is 8.55. The van der Waals surface area contributed by atoms with Crippen LogP contribution in [-0.2, 0) is 9.47 Å². The molecule has 0 bridgehead atoms. The first kappa shape index (κ1) is 19.1. The number of hydrogen-bond acceptors (Lipinski definition) is 5. The molecule has 0 saturated heterocycles. The highest BCUT2D eigenvalue weighted by Gasteiger charge is 2.13. The molecule has 0 fully saturated rings. The predicted molar refractivity (Wildman–Crippen MR) is 103 cm³/mol. The van der Waals surface area contributed by atoms with Crippen LogP contribution in [-0.4, -0.2) is 47.1 Å². The van der Waals surface area contributed by atoms with Crippen molar-refractivity contribution in [2.75, 3.05) is 57.8 Å². The van der Waals surface area contributed by atoms with Gasteiger partial charge in [0.2, 0.25) is 0 Å².